The molecule has 0 aromatic carbocycles. The second kappa shape index (κ2) is 9.15. The van der Waals surface area contributed by atoms with Gasteiger partial charge >= 0.3 is 0 Å². The lowest BCUT2D eigenvalue weighted by atomic mass is 10.1. The highest BCUT2D eigenvalue weighted by Gasteiger charge is 2.25. The second-order valence-electron chi connectivity index (χ2n) is 8.29. The van der Waals surface area contributed by atoms with Crippen molar-refractivity contribution in [2.24, 2.45) is 0 Å². The summed E-state index contributed by atoms with van der Waals surface area (Å²) in [5.74, 6) is 2.18. The van der Waals surface area contributed by atoms with Gasteiger partial charge in [-0.1, -0.05) is 6.07 Å². The Labute approximate surface area is 183 Å². The van der Waals surface area contributed by atoms with Gasteiger partial charge in [0.05, 0.1) is 18.8 Å². The van der Waals surface area contributed by atoms with Crippen molar-refractivity contribution in [2.45, 2.75) is 53.2 Å². The van der Waals surface area contributed by atoms with Gasteiger partial charge in [0.25, 0.3) is 0 Å². The number of nitrogens with zero attached hydrogens (tertiary/aromatic N) is 6. The zero-order valence-electron chi connectivity index (χ0n) is 19.0. The third-order valence-electron chi connectivity index (χ3n) is 5.39. The number of hydrogen-bond donors (Lipinski definition) is 2. The molecule has 0 radical (unpaired) electrons. The van der Waals surface area contributed by atoms with E-state index in [-0.39, 0.29) is 0 Å². The molecule has 0 bridgehead atoms. The average molecular weight is 425 g/mol. The van der Waals surface area contributed by atoms with Crippen LogP contribution >= 0.6 is 0 Å². The summed E-state index contributed by atoms with van der Waals surface area (Å²) in [7, 11) is 0. The summed E-state index contributed by atoms with van der Waals surface area (Å²) in [6.45, 7) is 14.0. The monoisotopic (exact) mass is 424 g/mol. The first kappa shape index (κ1) is 21.5. The van der Waals surface area contributed by atoms with Crippen molar-refractivity contribution in [2.75, 3.05) is 36.5 Å². The van der Waals surface area contributed by atoms with Crippen molar-refractivity contribution in [3.63, 3.8) is 0 Å². The topological polar surface area (TPSA) is 93.0 Å². The Balaban J connectivity index is 1.78. The molecule has 4 heterocycles. The summed E-state index contributed by atoms with van der Waals surface area (Å²) in [5, 5.41) is 11.7. The van der Waals surface area contributed by atoms with E-state index in [1.165, 1.54) is 0 Å². The number of fused-ring (bicyclic) bond motifs is 1. The minimum absolute atomic E-state index is 0.369. The van der Waals surface area contributed by atoms with Crippen LogP contribution in [0.25, 0.3) is 11.0 Å². The fourth-order valence-electron chi connectivity index (χ4n) is 4.06. The summed E-state index contributed by atoms with van der Waals surface area (Å²) in [5.41, 5.74) is 3.72. The molecular weight excluding hydrogens is 392 g/mol. The molecule has 1 fully saturated rings. The molecule has 4 rings (SSSR count). The van der Waals surface area contributed by atoms with Crippen LogP contribution in [0, 0.1) is 13.8 Å². The molecule has 1 saturated heterocycles. The van der Waals surface area contributed by atoms with Crippen LogP contribution < -0.4 is 15.5 Å². The molecule has 2 N–H and O–H groups in total. The number of nitrogens with one attached hydrogen (secondary N) is 2. The highest BCUT2D eigenvalue weighted by Crippen LogP contribution is 2.28. The normalized spacial score (nSPS) is 19.2. The molecule has 1 aliphatic heterocycles. The summed E-state index contributed by atoms with van der Waals surface area (Å²) < 4.78 is 7.49. The van der Waals surface area contributed by atoms with Gasteiger partial charge in [-0.3, -0.25) is 4.68 Å². The Morgan fingerprint density at radius 2 is 1.94 bits per heavy atom. The maximum atomic E-state index is 5.56. The SMILES string of the molecule is CCOCCn1nc(C)c2nc(N3C[C@@H](C)N[C@H](C)C3)nc(Nc3ccc(C)cn3)c21. The lowest BCUT2D eigenvalue weighted by molar-refractivity contribution is 0.137. The van der Waals surface area contributed by atoms with E-state index in [1.54, 1.807) is 0 Å². The summed E-state index contributed by atoms with van der Waals surface area (Å²) >= 11 is 0. The Hall–Kier alpha value is -2.78. The molecule has 0 saturated carbocycles. The summed E-state index contributed by atoms with van der Waals surface area (Å²) in [6.07, 6.45) is 1.85. The number of ether oxygens (including phenoxy) is 1. The van der Waals surface area contributed by atoms with Gasteiger partial charge in [0.15, 0.2) is 5.82 Å². The predicted molar refractivity (Wildman–Crippen MR) is 123 cm³/mol. The number of piperazine rings is 1. The summed E-state index contributed by atoms with van der Waals surface area (Å²) in [6, 6.07) is 4.74. The molecule has 166 valence electrons. The molecule has 3 aromatic heterocycles. The van der Waals surface area contributed by atoms with Gasteiger partial charge in [0.1, 0.15) is 16.9 Å². The maximum absolute atomic E-state index is 5.56. The van der Waals surface area contributed by atoms with E-state index in [1.807, 2.05) is 43.8 Å². The number of aromatic nitrogens is 5. The van der Waals surface area contributed by atoms with E-state index >= 15 is 0 Å². The first-order valence-corrected chi connectivity index (χ1v) is 11.0. The van der Waals surface area contributed by atoms with Gasteiger partial charge in [-0.2, -0.15) is 10.1 Å². The van der Waals surface area contributed by atoms with E-state index < -0.39 is 0 Å². The van der Waals surface area contributed by atoms with Crippen LogP contribution in [-0.2, 0) is 11.3 Å². The van der Waals surface area contributed by atoms with Crippen LogP contribution in [-0.4, -0.2) is 63.1 Å². The molecular formula is C22H32N8O. The van der Waals surface area contributed by atoms with Crippen molar-refractivity contribution in [3.8, 4) is 0 Å². The standard InChI is InChI=1S/C22H32N8O/c1-6-31-10-9-30-20-19(17(5)28-30)26-22(29-12-15(3)24-16(4)13-29)27-21(20)25-18-8-7-14(2)11-23-18/h7-8,11,15-16,24H,6,9-10,12-13H2,1-5H3,(H,23,25,26,27)/t15-,16-/m1/s1. The van der Waals surface area contributed by atoms with Crippen molar-refractivity contribution >= 4 is 28.6 Å². The highest BCUT2D eigenvalue weighted by molar-refractivity contribution is 5.90. The Morgan fingerprint density at radius 3 is 2.61 bits per heavy atom. The summed E-state index contributed by atoms with van der Waals surface area (Å²) in [4.78, 5) is 16.6. The lowest BCUT2D eigenvalue weighted by Gasteiger charge is -2.36. The first-order valence-electron chi connectivity index (χ1n) is 11.0. The van der Waals surface area contributed by atoms with Crippen molar-refractivity contribution in [1.29, 1.82) is 0 Å². The first-order chi connectivity index (χ1) is 14.9. The zero-order valence-corrected chi connectivity index (χ0v) is 19.0. The molecule has 0 unspecified atom stereocenters. The van der Waals surface area contributed by atoms with E-state index in [9.17, 15) is 0 Å². The van der Waals surface area contributed by atoms with Gasteiger partial charge in [-0.25, -0.2) is 9.97 Å². The number of rotatable bonds is 7. The van der Waals surface area contributed by atoms with Crippen LogP contribution in [0.1, 0.15) is 32.0 Å². The average Bonchev–Trinajstić information content (AvgIpc) is 3.05. The van der Waals surface area contributed by atoms with Crippen LogP contribution in [0.15, 0.2) is 18.3 Å². The molecule has 9 nitrogen and oxygen atoms in total. The Morgan fingerprint density at radius 1 is 1.16 bits per heavy atom. The Bertz CT molecular complexity index is 1020. The zero-order chi connectivity index (χ0) is 22.0. The third-order valence-corrected chi connectivity index (χ3v) is 5.39. The minimum atomic E-state index is 0.369. The third kappa shape index (κ3) is 4.77. The van der Waals surface area contributed by atoms with Crippen LogP contribution in [0.5, 0.6) is 0 Å². The van der Waals surface area contributed by atoms with Gasteiger partial charge in [-0.05, 0) is 46.2 Å². The molecule has 2 atom stereocenters. The van der Waals surface area contributed by atoms with E-state index in [0.29, 0.717) is 37.7 Å². The van der Waals surface area contributed by atoms with Crippen molar-refractivity contribution < 1.29 is 4.74 Å². The van der Waals surface area contributed by atoms with Gasteiger partial charge < -0.3 is 20.3 Å². The molecule has 1 aliphatic rings. The molecule has 0 spiro atoms. The largest absolute Gasteiger partial charge is 0.380 e. The van der Waals surface area contributed by atoms with E-state index in [0.717, 1.165) is 47.1 Å². The smallest absolute Gasteiger partial charge is 0.228 e. The van der Waals surface area contributed by atoms with E-state index in [4.69, 9.17) is 19.8 Å². The van der Waals surface area contributed by atoms with Crippen LogP contribution in [0.2, 0.25) is 0 Å². The molecule has 9 heteroatoms. The quantitative estimate of drug-likeness (QED) is 0.560. The van der Waals surface area contributed by atoms with Gasteiger partial charge in [0, 0.05) is 38.0 Å². The van der Waals surface area contributed by atoms with Crippen LogP contribution in [0.3, 0.4) is 0 Å². The Kier molecular flexibility index (Phi) is 6.33. The molecule has 3 aromatic rings. The van der Waals surface area contributed by atoms with Crippen LogP contribution in [0.4, 0.5) is 17.6 Å². The number of anilines is 3. The maximum Gasteiger partial charge on any atom is 0.228 e. The molecule has 0 aliphatic carbocycles. The second-order valence-corrected chi connectivity index (χ2v) is 8.29. The fourth-order valence-corrected chi connectivity index (χ4v) is 4.06. The highest BCUT2D eigenvalue weighted by atomic mass is 16.5. The number of hydrogen-bond acceptors (Lipinski definition) is 8. The molecule has 31 heavy (non-hydrogen) atoms. The van der Waals surface area contributed by atoms with Crippen molar-refractivity contribution in [1.82, 2.24) is 30.0 Å². The number of aryl methyl sites for hydroxylation is 2. The minimum Gasteiger partial charge on any atom is -0.380 e. The molecule has 0 amide bonds. The van der Waals surface area contributed by atoms with Gasteiger partial charge in [0.2, 0.25) is 5.95 Å². The van der Waals surface area contributed by atoms with Gasteiger partial charge in [-0.15, -0.1) is 0 Å². The predicted octanol–water partition coefficient (Wildman–Crippen LogP) is 2.80. The van der Waals surface area contributed by atoms with Crippen molar-refractivity contribution in [3.05, 3.63) is 29.6 Å². The fraction of sp³-hybridized carbons (Fsp3) is 0.545. The lowest BCUT2D eigenvalue weighted by Crippen LogP contribution is -2.54. The number of pyridine rings is 1. The van der Waals surface area contributed by atoms with E-state index in [2.05, 4.69) is 34.4 Å².